The van der Waals surface area contributed by atoms with Crippen LogP contribution in [0.3, 0.4) is 0 Å². The fourth-order valence-corrected chi connectivity index (χ4v) is 3.41. The molecule has 0 radical (unpaired) electrons. The molecule has 94 valence electrons. The molecule has 0 amide bonds. The highest BCUT2D eigenvalue weighted by molar-refractivity contribution is 5.04. The van der Waals surface area contributed by atoms with Crippen molar-refractivity contribution in [3.05, 3.63) is 0 Å². The summed E-state index contributed by atoms with van der Waals surface area (Å²) in [6.07, 6.45) is 6.97. The molecule has 2 atom stereocenters. The van der Waals surface area contributed by atoms with Gasteiger partial charge >= 0.3 is 0 Å². The molecule has 1 aliphatic carbocycles. The molecule has 0 aromatic rings. The summed E-state index contributed by atoms with van der Waals surface area (Å²) < 4.78 is 0. The number of nitrogens with one attached hydrogen (secondary N) is 1. The molecule has 0 spiro atoms. The third-order valence-electron chi connectivity index (χ3n) is 4.73. The average Bonchev–Trinajstić information content (AvgIpc) is 2.98. The Kier molecular flexibility index (Phi) is 3.91. The fraction of sp³-hybridized carbons (Fsp3) is 1.00. The topological polar surface area (TPSA) is 15.3 Å². The quantitative estimate of drug-likeness (QED) is 0.746. The Balaban J connectivity index is 2.09. The first-order valence-corrected chi connectivity index (χ1v) is 7.20. The Morgan fingerprint density at radius 2 is 1.88 bits per heavy atom. The van der Waals surface area contributed by atoms with E-state index >= 15 is 0 Å². The maximum Gasteiger partial charge on any atom is 0.0334 e. The lowest BCUT2D eigenvalue weighted by Gasteiger charge is -2.45. The van der Waals surface area contributed by atoms with Crippen LogP contribution in [0.5, 0.6) is 0 Å². The molecule has 1 saturated heterocycles. The summed E-state index contributed by atoms with van der Waals surface area (Å²) >= 11 is 0. The van der Waals surface area contributed by atoms with Crippen molar-refractivity contribution < 1.29 is 0 Å². The van der Waals surface area contributed by atoms with E-state index in [2.05, 4.69) is 31.0 Å². The second-order valence-electron chi connectivity index (χ2n) is 5.78. The van der Waals surface area contributed by atoms with Gasteiger partial charge in [0.2, 0.25) is 0 Å². The maximum absolute atomic E-state index is 3.77. The lowest BCUT2D eigenvalue weighted by atomic mass is 9.84. The number of hydrogen-bond donors (Lipinski definition) is 1. The van der Waals surface area contributed by atoms with Gasteiger partial charge in [-0.1, -0.05) is 13.8 Å². The number of likely N-dealkylation sites (tertiary alicyclic amines) is 1. The average molecular weight is 224 g/mol. The van der Waals surface area contributed by atoms with E-state index in [-0.39, 0.29) is 0 Å². The summed E-state index contributed by atoms with van der Waals surface area (Å²) in [5.41, 5.74) is 0.397. The first-order valence-electron chi connectivity index (χ1n) is 7.20. The summed E-state index contributed by atoms with van der Waals surface area (Å²) in [5.74, 6) is 0.950. The van der Waals surface area contributed by atoms with E-state index in [0.29, 0.717) is 5.54 Å². The zero-order chi connectivity index (χ0) is 11.6. The number of hydrogen-bond acceptors (Lipinski definition) is 2. The third kappa shape index (κ3) is 2.28. The molecule has 2 rings (SSSR count). The zero-order valence-corrected chi connectivity index (χ0v) is 11.3. The van der Waals surface area contributed by atoms with Gasteiger partial charge in [0.15, 0.2) is 0 Å². The van der Waals surface area contributed by atoms with Crippen LogP contribution in [0.1, 0.15) is 52.9 Å². The summed E-state index contributed by atoms with van der Waals surface area (Å²) in [6.45, 7) is 10.9. The molecule has 2 nitrogen and oxygen atoms in total. The van der Waals surface area contributed by atoms with Crippen LogP contribution >= 0.6 is 0 Å². The van der Waals surface area contributed by atoms with Gasteiger partial charge in [0.1, 0.15) is 0 Å². The van der Waals surface area contributed by atoms with E-state index in [4.69, 9.17) is 0 Å². The molecule has 2 fully saturated rings. The van der Waals surface area contributed by atoms with Gasteiger partial charge in [0.05, 0.1) is 0 Å². The first-order chi connectivity index (χ1) is 7.72. The number of likely N-dealkylation sites (N-methyl/N-ethyl adjacent to an activating group) is 1. The lowest BCUT2D eigenvalue weighted by Crippen LogP contribution is -2.59. The number of rotatable bonds is 6. The van der Waals surface area contributed by atoms with Crippen LogP contribution in [0.4, 0.5) is 0 Å². The lowest BCUT2D eigenvalue weighted by molar-refractivity contribution is 0.0754. The molecule has 2 aliphatic rings. The molecule has 1 heterocycles. The monoisotopic (exact) mass is 224 g/mol. The van der Waals surface area contributed by atoms with Crippen LogP contribution in [-0.4, -0.2) is 36.1 Å². The van der Waals surface area contributed by atoms with E-state index in [1.165, 1.54) is 45.2 Å². The Bertz CT molecular complexity index is 219. The molecule has 2 unspecified atom stereocenters. The van der Waals surface area contributed by atoms with Gasteiger partial charge in [-0.3, -0.25) is 4.90 Å². The summed E-state index contributed by atoms with van der Waals surface area (Å²) in [5, 5.41) is 3.77. The van der Waals surface area contributed by atoms with Gasteiger partial charge in [-0.05, 0) is 64.6 Å². The van der Waals surface area contributed by atoms with Gasteiger partial charge in [-0.15, -0.1) is 0 Å². The summed E-state index contributed by atoms with van der Waals surface area (Å²) in [6, 6.07) is 0.723. The second kappa shape index (κ2) is 5.05. The van der Waals surface area contributed by atoms with Crippen molar-refractivity contribution in [2.75, 3.05) is 19.6 Å². The minimum absolute atomic E-state index is 0.397. The highest BCUT2D eigenvalue weighted by Gasteiger charge is 2.46. The van der Waals surface area contributed by atoms with Crippen molar-refractivity contribution in [1.82, 2.24) is 10.2 Å². The minimum atomic E-state index is 0.397. The molecule has 1 saturated carbocycles. The Morgan fingerprint density at radius 3 is 2.31 bits per heavy atom. The first kappa shape index (κ1) is 12.4. The molecular weight excluding hydrogens is 196 g/mol. The molecule has 16 heavy (non-hydrogen) atoms. The van der Waals surface area contributed by atoms with Crippen LogP contribution < -0.4 is 5.32 Å². The van der Waals surface area contributed by atoms with Crippen molar-refractivity contribution >= 4 is 0 Å². The van der Waals surface area contributed by atoms with Crippen LogP contribution in [0, 0.1) is 5.92 Å². The predicted molar refractivity (Wildman–Crippen MR) is 69.7 cm³/mol. The van der Waals surface area contributed by atoms with Gasteiger partial charge in [-0.25, -0.2) is 0 Å². The Hall–Kier alpha value is -0.0800. The number of nitrogens with zero attached hydrogens (tertiary/aromatic N) is 1. The van der Waals surface area contributed by atoms with Crippen LogP contribution in [0.25, 0.3) is 0 Å². The third-order valence-corrected chi connectivity index (χ3v) is 4.73. The van der Waals surface area contributed by atoms with E-state index in [0.717, 1.165) is 18.5 Å². The van der Waals surface area contributed by atoms with Crippen LogP contribution in [0.2, 0.25) is 0 Å². The molecule has 0 bridgehead atoms. The van der Waals surface area contributed by atoms with Gasteiger partial charge in [0.25, 0.3) is 0 Å². The van der Waals surface area contributed by atoms with Crippen LogP contribution in [-0.2, 0) is 0 Å². The van der Waals surface area contributed by atoms with Crippen molar-refractivity contribution in [2.24, 2.45) is 5.92 Å². The van der Waals surface area contributed by atoms with Gasteiger partial charge < -0.3 is 5.32 Å². The summed E-state index contributed by atoms with van der Waals surface area (Å²) in [4.78, 5) is 2.75. The summed E-state index contributed by atoms with van der Waals surface area (Å²) in [7, 11) is 0. The smallest absolute Gasteiger partial charge is 0.0334 e. The second-order valence-corrected chi connectivity index (χ2v) is 5.78. The Morgan fingerprint density at radius 1 is 1.25 bits per heavy atom. The molecule has 1 aliphatic heterocycles. The van der Waals surface area contributed by atoms with Gasteiger partial charge in [-0.2, -0.15) is 0 Å². The van der Waals surface area contributed by atoms with E-state index in [1.807, 2.05) is 0 Å². The van der Waals surface area contributed by atoms with E-state index in [1.54, 1.807) is 0 Å². The maximum atomic E-state index is 3.77. The molecule has 0 aromatic heterocycles. The largest absolute Gasteiger partial charge is 0.312 e. The molecule has 1 N–H and O–H groups in total. The van der Waals surface area contributed by atoms with E-state index in [9.17, 15) is 0 Å². The minimum Gasteiger partial charge on any atom is -0.312 e. The molecule has 0 aromatic carbocycles. The normalized spacial score (nSPS) is 27.9. The van der Waals surface area contributed by atoms with Crippen molar-refractivity contribution in [2.45, 2.75) is 64.5 Å². The fourth-order valence-electron chi connectivity index (χ4n) is 3.41. The van der Waals surface area contributed by atoms with Crippen molar-refractivity contribution in [3.63, 3.8) is 0 Å². The van der Waals surface area contributed by atoms with Gasteiger partial charge in [0, 0.05) is 11.6 Å². The predicted octanol–water partition coefficient (Wildman–Crippen LogP) is 2.64. The SMILES string of the molecule is CCNC(C1CC1)C(C)(CC)N1CCCC1. The van der Waals surface area contributed by atoms with E-state index < -0.39 is 0 Å². The highest BCUT2D eigenvalue weighted by atomic mass is 15.2. The zero-order valence-electron chi connectivity index (χ0n) is 11.3. The Labute approximate surface area is 101 Å². The standard InChI is InChI=1S/C14H28N2/c1-4-14(3,16-10-6-7-11-16)13(15-5-2)12-8-9-12/h12-13,15H,4-11H2,1-3H3. The molecule has 2 heteroatoms. The molecular formula is C14H28N2. The van der Waals surface area contributed by atoms with Crippen molar-refractivity contribution in [1.29, 1.82) is 0 Å². The van der Waals surface area contributed by atoms with Crippen molar-refractivity contribution in [3.8, 4) is 0 Å². The highest BCUT2D eigenvalue weighted by Crippen LogP contribution is 2.41. The van der Waals surface area contributed by atoms with Crippen LogP contribution in [0.15, 0.2) is 0 Å².